The Bertz CT molecular complexity index is 429. The highest BCUT2D eigenvalue weighted by Crippen LogP contribution is 2.23. The van der Waals surface area contributed by atoms with Crippen molar-refractivity contribution in [2.24, 2.45) is 0 Å². The van der Waals surface area contributed by atoms with Gasteiger partial charge in [0.15, 0.2) is 18.3 Å². The van der Waals surface area contributed by atoms with Gasteiger partial charge in [0.05, 0.1) is 0 Å². The van der Waals surface area contributed by atoms with E-state index < -0.39 is 42.3 Å². The molecule has 0 aromatic rings. The van der Waals surface area contributed by atoms with Crippen molar-refractivity contribution in [2.75, 3.05) is 0 Å². The van der Waals surface area contributed by atoms with Gasteiger partial charge in [-0.3, -0.25) is 14.4 Å². The van der Waals surface area contributed by atoms with E-state index in [1.165, 1.54) is 19.1 Å². The number of carbonyl (C=O) groups is 3. The van der Waals surface area contributed by atoms with E-state index in [1.54, 1.807) is 13.8 Å². The monoisotopic (exact) mass is 300 g/mol. The molecule has 0 saturated carbocycles. The summed E-state index contributed by atoms with van der Waals surface area (Å²) in [6.07, 6.45) is -1.20. The Morgan fingerprint density at radius 1 is 0.952 bits per heavy atom. The summed E-state index contributed by atoms with van der Waals surface area (Å²) in [5.41, 5.74) is 0. The minimum atomic E-state index is -1.14. The molecule has 0 radical (unpaired) electrons. The third-order valence-corrected chi connectivity index (χ3v) is 2.90. The van der Waals surface area contributed by atoms with E-state index in [-0.39, 0.29) is 12.8 Å². The molecule has 0 saturated heterocycles. The van der Waals surface area contributed by atoms with Crippen molar-refractivity contribution in [3.63, 3.8) is 0 Å². The van der Waals surface area contributed by atoms with Gasteiger partial charge in [-0.2, -0.15) is 0 Å². The molecule has 0 aromatic carbocycles. The normalized spacial score (nSPS) is 27.8. The number of rotatable bonds is 5. The van der Waals surface area contributed by atoms with Crippen LogP contribution in [-0.2, 0) is 28.6 Å². The van der Waals surface area contributed by atoms with Crippen molar-refractivity contribution in [1.29, 1.82) is 0 Å². The van der Waals surface area contributed by atoms with Gasteiger partial charge in [-0.15, -0.1) is 0 Å². The molecule has 0 spiro atoms. The summed E-state index contributed by atoms with van der Waals surface area (Å²) in [7, 11) is 0. The van der Waals surface area contributed by atoms with Crippen LogP contribution in [0.2, 0.25) is 0 Å². The zero-order chi connectivity index (χ0) is 16.0. The second-order valence-corrected chi connectivity index (χ2v) is 4.57. The maximum atomic E-state index is 11.4. The van der Waals surface area contributed by atoms with E-state index in [2.05, 4.69) is 0 Å². The fourth-order valence-corrected chi connectivity index (χ4v) is 1.86. The summed E-state index contributed by atoms with van der Waals surface area (Å²) in [6.45, 7) is 4.41. The number of aliphatic hydroxyl groups is 1. The first kappa shape index (κ1) is 17.2. The molecule has 1 N–H and O–H groups in total. The molecular formula is C14H20O7. The van der Waals surface area contributed by atoms with Crippen LogP contribution in [0.3, 0.4) is 0 Å². The minimum Gasteiger partial charge on any atom is -0.455 e. The molecule has 1 aliphatic carbocycles. The summed E-state index contributed by atoms with van der Waals surface area (Å²) in [5, 5.41) is 9.91. The maximum absolute atomic E-state index is 11.4. The third kappa shape index (κ3) is 4.86. The van der Waals surface area contributed by atoms with Crippen molar-refractivity contribution in [1.82, 2.24) is 0 Å². The molecule has 0 fully saturated rings. The molecule has 1 aliphatic rings. The van der Waals surface area contributed by atoms with Crippen LogP contribution in [0, 0.1) is 0 Å². The average Bonchev–Trinajstić information content (AvgIpc) is 2.44. The van der Waals surface area contributed by atoms with Crippen LogP contribution in [0.15, 0.2) is 12.2 Å². The highest BCUT2D eigenvalue weighted by molar-refractivity contribution is 5.70. The summed E-state index contributed by atoms with van der Waals surface area (Å²) in [4.78, 5) is 34.1. The van der Waals surface area contributed by atoms with Crippen molar-refractivity contribution in [2.45, 2.75) is 58.0 Å². The standard InChI is InChI=1S/C14H20O7/c1-4-11(17)20-10-7-6-9(16)13(21-12(18)5-2)14(10)19-8(3)15/h6-7,9-10,13-14,16H,4-5H2,1-3H3/t9-,10+,13+,14+/m1/s1. The summed E-state index contributed by atoms with van der Waals surface area (Å²) in [5.74, 6) is -1.66. The largest absolute Gasteiger partial charge is 0.455 e. The molecule has 0 amide bonds. The lowest BCUT2D eigenvalue weighted by molar-refractivity contribution is -0.189. The van der Waals surface area contributed by atoms with Gasteiger partial charge in [0, 0.05) is 19.8 Å². The Balaban J connectivity index is 2.96. The number of ether oxygens (including phenoxy) is 3. The Morgan fingerprint density at radius 3 is 2.05 bits per heavy atom. The van der Waals surface area contributed by atoms with Crippen molar-refractivity contribution < 1.29 is 33.7 Å². The molecular weight excluding hydrogens is 280 g/mol. The molecule has 7 nitrogen and oxygen atoms in total. The smallest absolute Gasteiger partial charge is 0.306 e. The Morgan fingerprint density at radius 2 is 1.52 bits per heavy atom. The van der Waals surface area contributed by atoms with Crippen LogP contribution in [0.25, 0.3) is 0 Å². The first-order valence-electron chi connectivity index (χ1n) is 6.81. The van der Waals surface area contributed by atoms with Gasteiger partial charge in [0.1, 0.15) is 6.10 Å². The summed E-state index contributed by atoms with van der Waals surface area (Å²) in [6, 6.07) is 0. The quantitative estimate of drug-likeness (QED) is 0.448. The van der Waals surface area contributed by atoms with Gasteiger partial charge in [-0.25, -0.2) is 0 Å². The topological polar surface area (TPSA) is 99.1 Å². The van der Waals surface area contributed by atoms with Crippen molar-refractivity contribution in [3.8, 4) is 0 Å². The predicted octanol–water partition coefficient (Wildman–Crippen LogP) is 0.492. The first-order chi connectivity index (χ1) is 9.88. The predicted molar refractivity (Wildman–Crippen MR) is 71.0 cm³/mol. The average molecular weight is 300 g/mol. The molecule has 0 aromatic heterocycles. The SMILES string of the molecule is CCC(=O)O[C@@H]1[C@@H](OC(C)=O)[C@@H](OC(=O)CC)C=C[C@H]1O. The van der Waals surface area contributed by atoms with E-state index in [0.717, 1.165) is 0 Å². The van der Waals surface area contributed by atoms with Crippen LogP contribution in [0.1, 0.15) is 33.6 Å². The van der Waals surface area contributed by atoms with Crippen LogP contribution in [-0.4, -0.2) is 47.4 Å². The molecule has 0 heterocycles. The molecule has 21 heavy (non-hydrogen) atoms. The lowest BCUT2D eigenvalue weighted by atomic mass is 9.95. The van der Waals surface area contributed by atoms with E-state index in [0.29, 0.717) is 0 Å². The number of aliphatic hydroxyl groups excluding tert-OH is 1. The van der Waals surface area contributed by atoms with Gasteiger partial charge < -0.3 is 19.3 Å². The van der Waals surface area contributed by atoms with Gasteiger partial charge in [0.25, 0.3) is 0 Å². The molecule has 0 aliphatic heterocycles. The van der Waals surface area contributed by atoms with E-state index >= 15 is 0 Å². The van der Waals surface area contributed by atoms with Gasteiger partial charge in [0.2, 0.25) is 0 Å². The first-order valence-corrected chi connectivity index (χ1v) is 6.81. The summed E-state index contributed by atoms with van der Waals surface area (Å²) >= 11 is 0. The van der Waals surface area contributed by atoms with E-state index in [9.17, 15) is 19.5 Å². The fraction of sp³-hybridized carbons (Fsp3) is 0.643. The van der Waals surface area contributed by atoms with Crippen molar-refractivity contribution >= 4 is 17.9 Å². The Labute approximate surface area is 122 Å². The summed E-state index contributed by atoms with van der Waals surface area (Å²) < 4.78 is 15.3. The Hall–Kier alpha value is -1.89. The van der Waals surface area contributed by atoms with Crippen molar-refractivity contribution in [3.05, 3.63) is 12.2 Å². The van der Waals surface area contributed by atoms with Crippen LogP contribution in [0.5, 0.6) is 0 Å². The molecule has 7 heteroatoms. The molecule has 0 bridgehead atoms. The second kappa shape index (κ2) is 7.78. The van der Waals surface area contributed by atoms with Gasteiger partial charge in [-0.05, 0) is 6.08 Å². The number of hydrogen-bond donors (Lipinski definition) is 1. The number of carbonyl (C=O) groups excluding carboxylic acids is 3. The second-order valence-electron chi connectivity index (χ2n) is 4.57. The fourth-order valence-electron chi connectivity index (χ4n) is 1.86. The lowest BCUT2D eigenvalue weighted by Crippen LogP contribution is -2.52. The number of hydrogen-bond acceptors (Lipinski definition) is 7. The minimum absolute atomic E-state index is 0.110. The zero-order valence-corrected chi connectivity index (χ0v) is 12.3. The number of esters is 3. The Kier molecular flexibility index (Phi) is 6.36. The molecule has 0 unspecified atom stereocenters. The lowest BCUT2D eigenvalue weighted by Gasteiger charge is -2.35. The third-order valence-electron chi connectivity index (χ3n) is 2.90. The zero-order valence-electron chi connectivity index (χ0n) is 12.3. The highest BCUT2D eigenvalue weighted by Gasteiger charge is 2.42. The molecule has 1 rings (SSSR count). The van der Waals surface area contributed by atoms with Gasteiger partial charge in [-0.1, -0.05) is 19.9 Å². The van der Waals surface area contributed by atoms with Gasteiger partial charge >= 0.3 is 17.9 Å². The van der Waals surface area contributed by atoms with E-state index in [4.69, 9.17) is 14.2 Å². The molecule has 118 valence electrons. The molecule has 4 atom stereocenters. The van der Waals surface area contributed by atoms with Crippen LogP contribution in [0.4, 0.5) is 0 Å². The van der Waals surface area contributed by atoms with Crippen LogP contribution >= 0.6 is 0 Å². The highest BCUT2D eigenvalue weighted by atomic mass is 16.6. The van der Waals surface area contributed by atoms with Crippen LogP contribution < -0.4 is 0 Å². The maximum Gasteiger partial charge on any atom is 0.306 e. The van der Waals surface area contributed by atoms with E-state index in [1.807, 2.05) is 0 Å².